The van der Waals surface area contributed by atoms with E-state index < -0.39 is 0 Å². The van der Waals surface area contributed by atoms with Gasteiger partial charge in [-0.2, -0.15) is 0 Å². The fourth-order valence-corrected chi connectivity index (χ4v) is 1.65. The van der Waals surface area contributed by atoms with E-state index in [1.807, 2.05) is 12.4 Å². The molecular weight excluding hydrogens is 172 g/mol. The minimum Gasteiger partial charge on any atom is -0.314 e. The lowest BCUT2D eigenvalue weighted by Gasteiger charge is -2.16. The number of pyridine rings is 1. The van der Waals surface area contributed by atoms with Crippen LogP contribution in [0.4, 0.5) is 0 Å². The maximum absolute atomic E-state index is 4.10. The Morgan fingerprint density at radius 1 is 1.43 bits per heavy atom. The Morgan fingerprint density at radius 2 is 2.21 bits per heavy atom. The molecule has 2 nitrogen and oxygen atoms in total. The maximum Gasteiger partial charge on any atom is 0.0299 e. The number of rotatable bonds is 5. The molecular formula is C12H20N2. The Hall–Kier alpha value is -0.890. The third-order valence-electron chi connectivity index (χ3n) is 2.59. The molecule has 0 fully saturated rings. The van der Waals surface area contributed by atoms with Crippen molar-refractivity contribution in [1.82, 2.24) is 10.3 Å². The fourth-order valence-electron chi connectivity index (χ4n) is 1.65. The summed E-state index contributed by atoms with van der Waals surface area (Å²) in [4.78, 5) is 4.10. The molecule has 0 spiro atoms. The number of hydrogen-bond acceptors (Lipinski definition) is 2. The standard InChI is InChI=1S/C12H20N2/c1-4-12(14-5-2)8-11-6-7-13-9-10(11)3/h6-7,9,12,14H,4-5,8H2,1-3H3. The summed E-state index contributed by atoms with van der Waals surface area (Å²) in [5.74, 6) is 0. The largest absolute Gasteiger partial charge is 0.314 e. The molecule has 0 bridgehead atoms. The van der Waals surface area contributed by atoms with Crippen LogP contribution in [0.3, 0.4) is 0 Å². The summed E-state index contributed by atoms with van der Waals surface area (Å²) < 4.78 is 0. The van der Waals surface area contributed by atoms with Gasteiger partial charge >= 0.3 is 0 Å². The lowest BCUT2D eigenvalue weighted by molar-refractivity contribution is 0.509. The van der Waals surface area contributed by atoms with Crippen LogP contribution in [0.25, 0.3) is 0 Å². The molecule has 14 heavy (non-hydrogen) atoms. The average molecular weight is 192 g/mol. The molecule has 0 aliphatic carbocycles. The van der Waals surface area contributed by atoms with Gasteiger partial charge in [-0.3, -0.25) is 4.98 Å². The molecule has 2 heteroatoms. The third-order valence-corrected chi connectivity index (χ3v) is 2.59. The molecule has 0 saturated heterocycles. The van der Waals surface area contributed by atoms with Gasteiger partial charge in [-0.05, 0) is 43.5 Å². The number of aromatic nitrogens is 1. The van der Waals surface area contributed by atoms with Gasteiger partial charge in [0.15, 0.2) is 0 Å². The zero-order chi connectivity index (χ0) is 10.4. The summed E-state index contributed by atoms with van der Waals surface area (Å²) >= 11 is 0. The number of nitrogens with one attached hydrogen (secondary N) is 1. The molecule has 1 aromatic heterocycles. The van der Waals surface area contributed by atoms with E-state index in [4.69, 9.17) is 0 Å². The van der Waals surface area contributed by atoms with Crippen molar-refractivity contribution in [3.05, 3.63) is 29.6 Å². The van der Waals surface area contributed by atoms with Crippen molar-refractivity contribution < 1.29 is 0 Å². The van der Waals surface area contributed by atoms with E-state index in [2.05, 4.69) is 37.1 Å². The van der Waals surface area contributed by atoms with Gasteiger partial charge in [-0.1, -0.05) is 13.8 Å². The van der Waals surface area contributed by atoms with Crippen LogP contribution in [0.2, 0.25) is 0 Å². The van der Waals surface area contributed by atoms with Crippen LogP contribution >= 0.6 is 0 Å². The number of aryl methyl sites for hydroxylation is 1. The monoisotopic (exact) mass is 192 g/mol. The second-order valence-corrected chi connectivity index (χ2v) is 3.67. The molecule has 1 heterocycles. The van der Waals surface area contributed by atoms with Gasteiger partial charge < -0.3 is 5.32 Å². The zero-order valence-corrected chi connectivity index (χ0v) is 9.38. The lowest BCUT2D eigenvalue weighted by Crippen LogP contribution is -2.30. The first-order valence-corrected chi connectivity index (χ1v) is 5.40. The van der Waals surface area contributed by atoms with Gasteiger partial charge in [0.1, 0.15) is 0 Å². The van der Waals surface area contributed by atoms with E-state index >= 15 is 0 Å². The molecule has 78 valence electrons. The van der Waals surface area contributed by atoms with Crippen molar-refractivity contribution in [1.29, 1.82) is 0 Å². The van der Waals surface area contributed by atoms with Gasteiger partial charge in [0.2, 0.25) is 0 Å². The fraction of sp³-hybridized carbons (Fsp3) is 0.583. The van der Waals surface area contributed by atoms with Crippen molar-refractivity contribution in [2.24, 2.45) is 0 Å². The second-order valence-electron chi connectivity index (χ2n) is 3.67. The highest BCUT2D eigenvalue weighted by molar-refractivity contribution is 5.22. The topological polar surface area (TPSA) is 24.9 Å². The van der Waals surface area contributed by atoms with Crippen molar-refractivity contribution in [2.45, 2.75) is 39.7 Å². The van der Waals surface area contributed by atoms with Gasteiger partial charge in [0.05, 0.1) is 0 Å². The molecule has 0 amide bonds. The minimum absolute atomic E-state index is 0.598. The molecule has 1 unspecified atom stereocenters. The molecule has 1 atom stereocenters. The predicted octanol–water partition coefficient (Wildman–Crippen LogP) is 2.32. The average Bonchev–Trinajstić information content (AvgIpc) is 2.20. The SMILES string of the molecule is CCNC(CC)Cc1ccncc1C. The Morgan fingerprint density at radius 3 is 2.79 bits per heavy atom. The van der Waals surface area contributed by atoms with Crippen molar-refractivity contribution in [3.63, 3.8) is 0 Å². The Kier molecular flexibility index (Phi) is 4.60. The van der Waals surface area contributed by atoms with E-state index in [9.17, 15) is 0 Å². The molecule has 1 rings (SSSR count). The van der Waals surface area contributed by atoms with Crippen molar-refractivity contribution >= 4 is 0 Å². The van der Waals surface area contributed by atoms with Gasteiger partial charge in [-0.15, -0.1) is 0 Å². The first-order valence-electron chi connectivity index (χ1n) is 5.40. The Balaban J connectivity index is 2.62. The normalized spacial score (nSPS) is 12.8. The number of likely N-dealkylation sites (N-methyl/N-ethyl adjacent to an activating group) is 1. The summed E-state index contributed by atoms with van der Waals surface area (Å²) in [7, 11) is 0. The second kappa shape index (κ2) is 5.76. The summed E-state index contributed by atoms with van der Waals surface area (Å²) in [6, 6.07) is 2.72. The highest BCUT2D eigenvalue weighted by atomic mass is 14.9. The minimum atomic E-state index is 0.598. The summed E-state index contributed by atoms with van der Waals surface area (Å²) in [5, 5.41) is 3.49. The highest BCUT2D eigenvalue weighted by Crippen LogP contribution is 2.09. The maximum atomic E-state index is 4.10. The molecule has 0 saturated carbocycles. The van der Waals surface area contributed by atoms with Crippen LogP contribution in [0, 0.1) is 6.92 Å². The van der Waals surface area contributed by atoms with Gasteiger partial charge in [0, 0.05) is 18.4 Å². The van der Waals surface area contributed by atoms with E-state index in [-0.39, 0.29) is 0 Å². The summed E-state index contributed by atoms with van der Waals surface area (Å²) in [5.41, 5.74) is 2.71. The molecule has 0 radical (unpaired) electrons. The molecule has 1 N–H and O–H groups in total. The summed E-state index contributed by atoms with van der Waals surface area (Å²) in [6.07, 6.45) is 6.10. The molecule has 0 aliphatic rings. The van der Waals surface area contributed by atoms with Crippen LogP contribution in [0.1, 0.15) is 31.4 Å². The van der Waals surface area contributed by atoms with E-state index in [1.54, 1.807) is 0 Å². The first-order chi connectivity index (χ1) is 6.77. The third kappa shape index (κ3) is 3.11. The van der Waals surface area contributed by atoms with Crippen molar-refractivity contribution in [2.75, 3.05) is 6.54 Å². The zero-order valence-electron chi connectivity index (χ0n) is 9.38. The van der Waals surface area contributed by atoms with Crippen LogP contribution in [0.5, 0.6) is 0 Å². The summed E-state index contributed by atoms with van der Waals surface area (Å²) in [6.45, 7) is 7.55. The predicted molar refractivity (Wildman–Crippen MR) is 60.4 cm³/mol. The van der Waals surface area contributed by atoms with Crippen LogP contribution in [-0.2, 0) is 6.42 Å². The van der Waals surface area contributed by atoms with Crippen LogP contribution in [-0.4, -0.2) is 17.6 Å². The Labute approximate surface area is 86.8 Å². The quantitative estimate of drug-likeness (QED) is 0.774. The van der Waals surface area contributed by atoms with Crippen molar-refractivity contribution in [3.8, 4) is 0 Å². The van der Waals surface area contributed by atoms with Gasteiger partial charge in [0.25, 0.3) is 0 Å². The highest BCUT2D eigenvalue weighted by Gasteiger charge is 2.06. The first kappa shape index (κ1) is 11.2. The number of nitrogens with zero attached hydrogens (tertiary/aromatic N) is 1. The van der Waals surface area contributed by atoms with Crippen LogP contribution < -0.4 is 5.32 Å². The van der Waals surface area contributed by atoms with Gasteiger partial charge in [-0.25, -0.2) is 0 Å². The molecule has 0 aliphatic heterocycles. The van der Waals surface area contributed by atoms with Crippen LogP contribution in [0.15, 0.2) is 18.5 Å². The smallest absolute Gasteiger partial charge is 0.0299 e. The van der Waals surface area contributed by atoms with E-state index in [0.717, 1.165) is 13.0 Å². The number of hydrogen-bond donors (Lipinski definition) is 1. The molecule has 1 aromatic rings. The van der Waals surface area contributed by atoms with E-state index in [1.165, 1.54) is 17.5 Å². The lowest BCUT2D eigenvalue weighted by atomic mass is 10.0. The Bertz CT molecular complexity index is 271. The molecule has 0 aromatic carbocycles. The van der Waals surface area contributed by atoms with E-state index in [0.29, 0.717) is 6.04 Å².